The molecule has 6 nitrogen and oxygen atoms in total. The van der Waals surface area contributed by atoms with Crippen LogP contribution < -0.4 is 19.6 Å². The van der Waals surface area contributed by atoms with E-state index in [1.54, 1.807) is 11.5 Å². The van der Waals surface area contributed by atoms with E-state index in [0.717, 1.165) is 26.2 Å². The largest absolute Gasteiger partial charge is 0.490 e. The minimum absolute atomic E-state index is 0.0468. The summed E-state index contributed by atoms with van der Waals surface area (Å²) in [4.78, 5) is 33.5. The molecule has 38 heavy (non-hydrogen) atoms. The van der Waals surface area contributed by atoms with Crippen molar-refractivity contribution in [2.45, 2.75) is 32.9 Å². The molecule has 0 radical (unpaired) electrons. The average molecular weight is 610 g/mol. The third-order valence-electron chi connectivity index (χ3n) is 5.80. The fraction of sp³-hybridized carbons (Fsp3) is 0.207. The highest BCUT2D eigenvalue weighted by atomic mass is 79.9. The quantitative estimate of drug-likeness (QED) is 0.258. The maximum Gasteiger partial charge on any atom is 0.338 e. The zero-order valence-corrected chi connectivity index (χ0v) is 24.2. The average Bonchev–Trinajstić information content (AvgIpc) is 3.54. The molecule has 0 spiro atoms. The van der Waals surface area contributed by atoms with Crippen LogP contribution in [0.5, 0.6) is 5.75 Å². The van der Waals surface area contributed by atoms with Crippen LogP contribution in [0.25, 0.3) is 11.8 Å². The summed E-state index contributed by atoms with van der Waals surface area (Å²) in [5.41, 5.74) is 2.31. The maximum atomic E-state index is 13.9. The molecule has 0 amide bonds. The van der Waals surface area contributed by atoms with Gasteiger partial charge in [0.2, 0.25) is 0 Å². The SMILES string of the molecule is CCOC(=O)C1=C(c2ccccc2)N=c2s/c(=C\c3ccc(OC(C)C)c(Br)c3)c(=O)n2[C@H]1c1cccs1. The highest BCUT2D eigenvalue weighted by Crippen LogP contribution is 2.36. The van der Waals surface area contributed by atoms with Crippen LogP contribution in [-0.2, 0) is 9.53 Å². The summed E-state index contributed by atoms with van der Waals surface area (Å²) < 4.78 is 14.2. The summed E-state index contributed by atoms with van der Waals surface area (Å²) in [5, 5.41) is 1.94. The molecule has 0 aliphatic carbocycles. The zero-order valence-electron chi connectivity index (χ0n) is 21.0. The smallest absolute Gasteiger partial charge is 0.338 e. The molecule has 1 aliphatic heterocycles. The van der Waals surface area contributed by atoms with Crippen molar-refractivity contribution in [3.63, 3.8) is 0 Å². The predicted octanol–water partition coefficient (Wildman–Crippen LogP) is 5.55. The summed E-state index contributed by atoms with van der Waals surface area (Å²) >= 11 is 6.37. The molecule has 4 aromatic rings. The second-order valence-electron chi connectivity index (χ2n) is 8.80. The van der Waals surface area contributed by atoms with E-state index >= 15 is 0 Å². The van der Waals surface area contributed by atoms with Crippen LogP contribution in [0.3, 0.4) is 0 Å². The third-order valence-corrected chi connectivity index (χ3v) is 8.33. The van der Waals surface area contributed by atoms with Gasteiger partial charge in [0.25, 0.3) is 5.56 Å². The summed E-state index contributed by atoms with van der Waals surface area (Å²) in [7, 11) is 0. The van der Waals surface area contributed by atoms with Crippen molar-refractivity contribution in [2.24, 2.45) is 4.99 Å². The fourth-order valence-corrected chi connectivity index (χ4v) is 6.58. The van der Waals surface area contributed by atoms with E-state index in [9.17, 15) is 9.59 Å². The van der Waals surface area contributed by atoms with E-state index in [-0.39, 0.29) is 18.3 Å². The second kappa shape index (κ2) is 11.2. The number of carbonyl (C=O) groups is 1. The van der Waals surface area contributed by atoms with Gasteiger partial charge in [0.15, 0.2) is 4.80 Å². The Morgan fingerprint density at radius 3 is 2.61 bits per heavy atom. The Kier molecular flexibility index (Phi) is 7.78. The Labute approximate surface area is 236 Å². The van der Waals surface area contributed by atoms with Gasteiger partial charge in [-0.2, -0.15) is 0 Å². The van der Waals surface area contributed by atoms with Crippen molar-refractivity contribution in [3.05, 3.63) is 112 Å². The lowest BCUT2D eigenvalue weighted by molar-refractivity contribution is -0.138. The number of nitrogens with zero attached hydrogens (tertiary/aromatic N) is 2. The predicted molar refractivity (Wildman–Crippen MR) is 155 cm³/mol. The van der Waals surface area contributed by atoms with Crippen molar-refractivity contribution in [3.8, 4) is 5.75 Å². The summed E-state index contributed by atoms with van der Waals surface area (Å²) in [6, 6.07) is 18.5. The molecule has 0 fully saturated rings. The molecule has 2 aromatic heterocycles. The molecular formula is C29H25BrN2O4S2. The summed E-state index contributed by atoms with van der Waals surface area (Å²) in [5.74, 6) is 0.260. The van der Waals surface area contributed by atoms with Crippen molar-refractivity contribution in [2.75, 3.05) is 6.61 Å². The van der Waals surface area contributed by atoms with Crippen LogP contribution in [0, 0.1) is 0 Å². The van der Waals surface area contributed by atoms with Crippen LogP contribution in [0.15, 0.2) is 85.9 Å². The first kappa shape index (κ1) is 26.3. The topological polar surface area (TPSA) is 69.9 Å². The van der Waals surface area contributed by atoms with Gasteiger partial charge in [-0.05, 0) is 71.9 Å². The van der Waals surface area contributed by atoms with E-state index in [1.165, 1.54) is 22.7 Å². The molecule has 0 bridgehead atoms. The zero-order chi connectivity index (χ0) is 26.8. The molecule has 1 aliphatic rings. The lowest BCUT2D eigenvalue weighted by Gasteiger charge is -2.24. The Balaban J connectivity index is 1.73. The van der Waals surface area contributed by atoms with Gasteiger partial charge >= 0.3 is 5.97 Å². The standard InChI is InChI=1S/C29H25BrN2O4S2/c1-4-35-28(34)24-25(19-9-6-5-7-10-19)31-29-32(26(24)22-11-8-14-37-22)27(33)23(38-29)16-18-12-13-21(20(30)15-18)36-17(2)3/h5-17,26H,4H2,1-3H3/b23-16-/t26-/m0/s1. The van der Waals surface area contributed by atoms with Gasteiger partial charge < -0.3 is 9.47 Å². The molecule has 0 saturated heterocycles. The number of rotatable bonds is 7. The fourth-order valence-electron chi connectivity index (χ4n) is 4.26. The molecule has 1 atom stereocenters. The van der Waals surface area contributed by atoms with Crippen LogP contribution in [0.1, 0.15) is 42.8 Å². The van der Waals surface area contributed by atoms with Crippen LogP contribution >= 0.6 is 38.6 Å². The molecule has 5 rings (SSSR count). The Morgan fingerprint density at radius 2 is 1.95 bits per heavy atom. The molecular weight excluding hydrogens is 584 g/mol. The molecule has 0 N–H and O–H groups in total. The minimum Gasteiger partial charge on any atom is -0.490 e. The number of aromatic nitrogens is 1. The van der Waals surface area contributed by atoms with Gasteiger partial charge in [0.1, 0.15) is 11.8 Å². The maximum absolute atomic E-state index is 13.9. The van der Waals surface area contributed by atoms with Crippen molar-refractivity contribution in [1.82, 2.24) is 4.57 Å². The molecule has 0 unspecified atom stereocenters. The minimum atomic E-state index is -0.642. The lowest BCUT2D eigenvalue weighted by Crippen LogP contribution is -2.39. The third kappa shape index (κ3) is 5.18. The van der Waals surface area contributed by atoms with Crippen molar-refractivity contribution >= 4 is 56.3 Å². The number of ether oxygens (including phenoxy) is 2. The van der Waals surface area contributed by atoms with Crippen LogP contribution in [-0.4, -0.2) is 23.2 Å². The highest BCUT2D eigenvalue weighted by Gasteiger charge is 2.35. The van der Waals surface area contributed by atoms with Gasteiger partial charge in [0, 0.05) is 10.4 Å². The Bertz CT molecular complexity index is 1690. The molecule has 3 heterocycles. The summed E-state index contributed by atoms with van der Waals surface area (Å²) in [6.07, 6.45) is 1.89. The number of esters is 1. The van der Waals surface area contributed by atoms with E-state index in [1.807, 2.05) is 86.0 Å². The van der Waals surface area contributed by atoms with Gasteiger partial charge in [-0.15, -0.1) is 11.3 Å². The summed E-state index contributed by atoms with van der Waals surface area (Å²) in [6.45, 7) is 5.93. The number of hydrogen-bond donors (Lipinski definition) is 0. The van der Waals surface area contributed by atoms with E-state index in [0.29, 0.717) is 20.6 Å². The van der Waals surface area contributed by atoms with E-state index < -0.39 is 12.0 Å². The molecule has 194 valence electrons. The number of halogens is 1. The number of thiazole rings is 1. The molecule has 9 heteroatoms. The van der Waals surface area contributed by atoms with Crippen LogP contribution in [0.4, 0.5) is 0 Å². The van der Waals surface area contributed by atoms with Crippen LogP contribution in [0.2, 0.25) is 0 Å². The van der Waals surface area contributed by atoms with E-state index in [4.69, 9.17) is 14.5 Å². The lowest BCUT2D eigenvalue weighted by atomic mass is 9.97. The number of thiophene rings is 1. The first-order chi connectivity index (χ1) is 18.4. The molecule has 0 saturated carbocycles. The normalized spacial score (nSPS) is 15.4. The number of carbonyl (C=O) groups excluding carboxylic acids is 1. The van der Waals surface area contributed by atoms with Gasteiger partial charge in [-0.1, -0.05) is 53.8 Å². The highest BCUT2D eigenvalue weighted by molar-refractivity contribution is 9.10. The monoisotopic (exact) mass is 608 g/mol. The number of benzene rings is 2. The Morgan fingerprint density at radius 1 is 1.16 bits per heavy atom. The van der Waals surface area contributed by atoms with Gasteiger partial charge in [-0.25, -0.2) is 9.79 Å². The Hall–Kier alpha value is -3.27. The van der Waals surface area contributed by atoms with Gasteiger partial charge in [0.05, 0.1) is 33.0 Å². The van der Waals surface area contributed by atoms with Crippen molar-refractivity contribution < 1.29 is 14.3 Å². The number of hydrogen-bond acceptors (Lipinski definition) is 7. The number of fused-ring (bicyclic) bond motifs is 1. The van der Waals surface area contributed by atoms with Crippen molar-refractivity contribution in [1.29, 1.82) is 0 Å². The van der Waals surface area contributed by atoms with E-state index in [2.05, 4.69) is 15.9 Å². The first-order valence-corrected chi connectivity index (χ1v) is 14.6. The molecule has 2 aromatic carbocycles. The first-order valence-electron chi connectivity index (χ1n) is 12.2. The second-order valence-corrected chi connectivity index (χ2v) is 11.6. The van der Waals surface area contributed by atoms with Gasteiger partial charge in [-0.3, -0.25) is 9.36 Å².